The highest BCUT2D eigenvalue weighted by atomic mass is 16.5. The molecule has 0 aliphatic carbocycles. The summed E-state index contributed by atoms with van der Waals surface area (Å²) in [5.74, 6) is 0. The van der Waals surface area contributed by atoms with Crippen molar-refractivity contribution in [3.63, 3.8) is 0 Å². The zero-order chi connectivity index (χ0) is 10.6. The Labute approximate surface area is 83.3 Å². The van der Waals surface area contributed by atoms with Crippen LogP contribution >= 0.6 is 0 Å². The third kappa shape index (κ3) is 2.90. The molecular formula is C9H18O5. The van der Waals surface area contributed by atoms with Gasteiger partial charge in [0, 0.05) is 6.61 Å². The Morgan fingerprint density at radius 2 is 2.21 bits per heavy atom. The molecule has 84 valence electrons. The highest BCUT2D eigenvalue weighted by Gasteiger charge is 2.39. The molecule has 0 amide bonds. The number of hydrogen-bond acceptors (Lipinski definition) is 5. The van der Waals surface area contributed by atoms with Crippen LogP contribution < -0.4 is 0 Å². The largest absolute Gasteiger partial charge is 0.388 e. The van der Waals surface area contributed by atoms with E-state index < -0.39 is 24.4 Å². The van der Waals surface area contributed by atoms with Crippen LogP contribution in [-0.2, 0) is 9.47 Å². The standard InChI is InChI=1S/C9H18O5/c1-2-3-13-4-7(11)9-8(12)6(10)5-14-9/h6-12H,2-5H2,1H3/t6?,7?,8-,9-/m1/s1. The molecule has 1 rings (SSSR count). The summed E-state index contributed by atoms with van der Waals surface area (Å²) in [5, 5.41) is 28.1. The predicted octanol–water partition coefficient (Wildman–Crippen LogP) is -1.11. The molecule has 1 heterocycles. The molecule has 1 aliphatic rings. The van der Waals surface area contributed by atoms with Gasteiger partial charge in [-0.1, -0.05) is 6.92 Å². The van der Waals surface area contributed by atoms with Crippen LogP contribution in [0, 0.1) is 0 Å². The molecule has 1 fully saturated rings. The minimum atomic E-state index is -1.02. The van der Waals surface area contributed by atoms with Crippen molar-refractivity contribution in [2.45, 2.75) is 37.8 Å². The second kappa shape index (κ2) is 5.63. The van der Waals surface area contributed by atoms with E-state index >= 15 is 0 Å². The first-order valence-corrected chi connectivity index (χ1v) is 4.90. The predicted molar refractivity (Wildman–Crippen MR) is 48.9 cm³/mol. The summed E-state index contributed by atoms with van der Waals surface area (Å²) in [4.78, 5) is 0. The molecule has 0 spiro atoms. The number of ether oxygens (including phenoxy) is 2. The lowest BCUT2D eigenvalue weighted by molar-refractivity contribution is -0.0809. The molecule has 5 nitrogen and oxygen atoms in total. The molecule has 0 aromatic carbocycles. The molecule has 2 unspecified atom stereocenters. The van der Waals surface area contributed by atoms with Crippen molar-refractivity contribution in [1.29, 1.82) is 0 Å². The van der Waals surface area contributed by atoms with Gasteiger partial charge in [-0.2, -0.15) is 0 Å². The second-order valence-corrected chi connectivity index (χ2v) is 3.50. The fourth-order valence-electron chi connectivity index (χ4n) is 1.41. The first kappa shape index (κ1) is 11.9. The van der Waals surface area contributed by atoms with Crippen LogP contribution in [0.1, 0.15) is 13.3 Å². The van der Waals surface area contributed by atoms with Gasteiger partial charge < -0.3 is 24.8 Å². The Hall–Kier alpha value is -0.200. The van der Waals surface area contributed by atoms with Crippen molar-refractivity contribution in [3.8, 4) is 0 Å². The lowest BCUT2D eigenvalue weighted by atomic mass is 10.1. The van der Waals surface area contributed by atoms with E-state index in [0.717, 1.165) is 6.42 Å². The summed E-state index contributed by atoms with van der Waals surface area (Å²) in [5.41, 5.74) is 0. The van der Waals surface area contributed by atoms with Crippen molar-refractivity contribution in [2.24, 2.45) is 0 Å². The van der Waals surface area contributed by atoms with Crippen LogP contribution in [0.4, 0.5) is 0 Å². The maximum Gasteiger partial charge on any atom is 0.114 e. The highest BCUT2D eigenvalue weighted by molar-refractivity contribution is 4.87. The smallest absolute Gasteiger partial charge is 0.114 e. The van der Waals surface area contributed by atoms with Crippen LogP contribution in [0.3, 0.4) is 0 Å². The van der Waals surface area contributed by atoms with Crippen molar-refractivity contribution >= 4 is 0 Å². The molecule has 3 N–H and O–H groups in total. The lowest BCUT2D eigenvalue weighted by Crippen LogP contribution is -2.40. The zero-order valence-corrected chi connectivity index (χ0v) is 8.30. The Balaban J connectivity index is 2.26. The summed E-state index contributed by atoms with van der Waals surface area (Å²) >= 11 is 0. The van der Waals surface area contributed by atoms with Crippen LogP contribution in [0.25, 0.3) is 0 Å². The average Bonchev–Trinajstić information content (AvgIpc) is 2.48. The van der Waals surface area contributed by atoms with Gasteiger partial charge >= 0.3 is 0 Å². The maximum atomic E-state index is 9.54. The fourth-order valence-corrected chi connectivity index (χ4v) is 1.41. The monoisotopic (exact) mass is 206 g/mol. The van der Waals surface area contributed by atoms with Crippen molar-refractivity contribution in [1.82, 2.24) is 0 Å². The van der Waals surface area contributed by atoms with Crippen molar-refractivity contribution in [3.05, 3.63) is 0 Å². The minimum Gasteiger partial charge on any atom is -0.388 e. The Morgan fingerprint density at radius 1 is 1.50 bits per heavy atom. The molecular weight excluding hydrogens is 188 g/mol. The van der Waals surface area contributed by atoms with E-state index in [1.54, 1.807) is 0 Å². The van der Waals surface area contributed by atoms with E-state index in [9.17, 15) is 10.2 Å². The molecule has 0 aromatic rings. The van der Waals surface area contributed by atoms with E-state index in [-0.39, 0.29) is 13.2 Å². The maximum absolute atomic E-state index is 9.54. The van der Waals surface area contributed by atoms with Gasteiger partial charge in [-0.15, -0.1) is 0 Å². The highest BCUT2D eigenvalue weighted by Crippen LogP contribution is 2.17. The van der Waals surface area contributed by atoms with Crippen LogP contribution in [-0.4, -0.2) is 59.6 Å². The zero-order valence-electron chi connectivity index (χ0n) is 8.30. The number of aliphatic hydroxyl groups excluding tert-OH is 3. The molecule has 14 heavy (non-hydrogen) atoms. The number of aliphatic hydroxyl groups is 3. The quantitative estimate of drug-likeness (QED) is 0.497. The second-order valence-electron chi connectivity index (χ2n) is 3.50. The van der Waals surface area contributed by atoms with Gasteiger partial charge in [0.2, 0.25) is 0 Å². The SMILES string of the molecule is CCCOCC(O)[C@H]1OCC(O)[C@H]1O. The van der Waals surface area contributed by atoms with Crippen LogP contribution in [0.15, 0.2) is 0 Å². The Kier molecular flexibility index (Phi) is 4.77. The van der Waals surface area contributed by atoms with E-state index in [0.29, 0.717) is 6.61 Å². The van der Waals surface area contributed by atoms with Crippen molar-refractivity contribution in [2.75, 3.05) is 19.8 Å². The molecule has 0 radical (unpaired) electrons. The number of hydrogen-bond donors (Lipinski definition) is 3. The third-order valence-corrected chi connectivity index (χ3v) is 2.21. The summed E-state index contributed by atoms with van der Waals surface area (Å²) in [6.07, 6.45) is -2.66. The van der Waals surface area contributed by atoms with Crippen molar-refractivity contribution < 1.29 is 24.8 Å². The van der Waals surface area contributed by atoms with Gasteiger partial charge in [-0.05, 0) is 6.42 Å². The van der Waals surface area contributed by atoms with E-state index in [2.05, 4.69) is 0 Å². The van der Waals surface area contributed by atoms with Crippen LogP contribution in [0.5, 0.6) is 0 Å². The topological polar surface area (TPSA) is 79.2 Å². The average molecular weight is 206 g/mol. The molecule has 0 saturated carbocycles. The lowest BCUT2D eigenvalue weighted by Gasteiger charge is -2.20. The molecule has 0 aromatic heterocycles. The van der Waals surface area contributed by atoms with Gasteiger partial charge in [-0.25, -0.2) is 0 Å². The van der Waals surface area contributed by atoms with Gasteiger partial charge in [-0.3, -0.25) is 0 Å². The summed E-state index contributed by atoms with van der Waals surface area (Å²) in [6.45, 7) is 2.73. The summed E-state index contributed by atoms with van der Waals surface area (Å²) in [6, 6.07) is 0. The molecule has 0 bridgehead atoms. The Morgan fingerprint density at radius 3 is 2.71 bits per heavy atom. The number of rotatable bonds is 5. The fraction of sp³-hybridized carbons (Fsp3) is 1.00. The van der Waals surface area contributed by atoms with Gasteiger partial charge in [0.15, 0.2) is 0 Å². The van der Waals surface area contributed by atoms with Crippen LogP contribution in [0.2, 0.25) is 0 Å². The van der Waals surface area contributed by atoms with E-state index in [4.69, 9.17) is 14.6 Å². The first-order valence-electron chi connectivity index (χ1n) is 4.90. The van der Waals surface area contributed by atoms with E-state index in [1.807, 2.05) is 6.92 Å². The summed E-state index contributed by atoms with van der Waals surface area (Å²) in [7, 11) is 0. The Bertz CT molecular complexity index is 163. The van der Waals surface area contributed by atoms with Gasteiger partial charge in [0.1, 0.15) is 24.4 Å². The molecule has 1 aliphatic heterocycles. The van der Waals surface area contributed by atoms with Gasteiger partial charge in [0.25, 0.3) is 0 Å². The first-order chi connectivity index (χ1) is 6.66. The van der Waals surface area contributed by atoms with E-state index in [1.165, 1.54) is 0 Å². The van der Waals surface area contributed by atoms with Gasteiger partial charge in [0.05, 0.1) is 13.2 Å². The molecule has 1 saturated heterocycles. The third-order valence-electron chi connectivity index (χ3n) is 2.21. The normalized spacial score (nSPS) is 34.7. The minimum absolute atomic E-state index is 0.0661. The summed E-state index contributed by atoms with van der Waals surface area (Å²) < 4.78 is 10.2. The molecule has 4 atom stereocenters. The molecule has 5 heteroatoms.